The van der Waals surface area contributed by atoms with E-state index in [4.69, 9.17) is 10.00 Å². The van der Waals surface area contributed by atoms with Crippen LogP contribution in [-0.2, 0) is 16.0 Å². The molecule has 2 aromatic rings. The van der Waals surface area contributed by atoms with Crippen molar-refractivity contribution in [2.75, 3.05) is 13.1 Å². The van der Waals surface area contributed by atoms with Crippen molar-refractivity contribution in [3.05, 3.63) is 89.0 Å². The van der Waals surface area contributed by atoms with E-state index in [1.165, 1.54) is 6.08 Å². The van der Waals surface area contributed by atoms with Gasteiger partial charge in [-0.05, 0) is 83.0 Å². The number of nitrogens with zero attached hydrogens (tertiary/aromatic N) is 4. The minimum Gasteiger partial charge on any atom is -0.444 e. The number of nitrogens with one attached hydrogen (secondary N) is 1. The average molecular weight is 568 g/mol. The summed E-state index contributed by atoms with van der Waals surface area (Å²) in [6.45, 7) is 10.5. The molecule has 218 valence electrons. The molecule has 1 N–H and O–H groups in total. The lowest BCUT2D eigenvalue weighted by Crippen LogP contribution is -2.49. The molecule has 2 saturated heterocycles. The molecule has 4 atom stereocenters. The quantitative estimate of drug-likeness (QED) is 0.295. The van der Waals surface area contributed by atoms with Crippen molar-refractivity contribution in [1.29, 1.82) is 5.26 Å². The summed E-state index contributed by atoms with van der Waals surface area (Å²) in [4.78, 5) is 48.2. The second-order valence-electron chi connectivity index (χ2n) is 12.7. The average Bonchev–Trinajstić information content (AvgIpc) is 3.28. The molecule has 2 aliphatic heterocycles. The number of benzene rings is 1. The van der Waals surface area contributed by atoms with Gasteiger partial charge in [-0.2, -0.15) is 5.26 Å². The molecule has 9 heteroatoms. The van der Waals surface area contributed by atoms with Crippen LogP contribution in [0.15, 0.2) is 72.3 Å². The standard InChI is InChI=1S/C33H37N5O4/c1-21(2)10-13-33(17-22-11-14-35-15-12-22)30(40)38(28(36-33)16-27(39)24-8-6-23(18-34)7-9-24)29-25-19-37(20-26(25)29)31(41)42-32(3,4)5/h6-12,14-16,25-26,29,36H,13,17,19-20H2,1-5H3/t25-,26+,29?,33?. The van der Waals surface area contributed by atoms with Gasteiger partial charge in [0.05, 0.1) is 11.6 Å². The molecule has 3 aliphatic rings. The number of likely N-dealkylation sites (tertiary alicyclic amines) is 1. The highest BCUT2D eigenvalue weighted by molar-refractivity contribution is 6.06. The van der Waals surface area contributed by atoms with Gasteiger partial charge in [-0.15, -0.1) is 0 Å². The SMILES string of the molecule is CC(C)=CCC1(Cc2ccncc2)NC(=CC(=O)c2ccc(C#N)cc2)N(C2[C@H]3CN(C(=O)OC(C)(C)C)C[C@@H]23)C1=O. The monoisotopic (exact) mass is 567 g/mol. The van der Waals surface area contributed by atoms with Gasteiger partial charge in [-0.25, -0.2) is 4.79 Å². The summed E-state index contributed by atoms with van der Waals surface area (Å²) in [5.41, 5.74) is 1.37. The Kier molecular flexibility index (Phi) is 7.67. The number of pyridine rings is 1. The molecule has 0 spiro atoms. The molecular weight excluding hydrogens is 530 g/mol. The number of carbonyl (C=O) groups excluding carboxylic acids is 3. The number of nitriles is 1. The summed E-state index contributed by atoms with van der Waals surface area (Å²) in [6.07, 6.45) is 7.49. The van der Waals surface area contributed by atoms with Crippen molar-refractivity contribution in [2.24, 2.45) is 11.8 Å². The molecule has 0 radical (unpaired) electrons. The molecule has 2 amide bonds. The zero-order valence-electron chi connectivity index (χ0n) is 24.8. The van der Waals surface area contributed by atoms with Gasteiger partial charge in [-0.1, -0.05) is 11.6 Å². The van der Waals surface area contributed by atoms with Crippen molar-refractivity contribution in [3.8, 4) is 6.07 Å². The van der Waals surface area contributed by atoms with Crippen LogP contribution in [0.4, 0.5) is 4.79 Å². The van der Waals surface area contributed by atoms with Crippen molar-refractivity contribution in [1.82, 2.24) is 20.1 Å². The van der Waals surface area contributed by atoms with E-state index >= 15 is 0 Å². The fourth-order valence-electron chi connectivity index (χ4n) is 5.93. The third kappa shape index (κ3) is 5.94. The molecule has 42 heavy (non-hydrogen) atoms. The lowest BCUT2D eigenvalue weighted by Gasteiger charge is -2.28. The Bertz CT molecular complexity index is 1470. The first-order valence-electron chi connectivity index (χ1n) is 14.3. The number of hydrogen-bond donors (Lipinski definition) is 1. The van der Waals surface area contributed by atoms with Crippen LogP contribution in [0.25, 0.3) is 0 Å². The number of carbonyl (C=O) groups is 3. The molecular formula is C33H37N5O4. The highest BCUT2D eigenvalue weighted by Crippen LogP contribution is 2.52. The molecule has 2 unspecified atom stereocenters. The number of aromatic nitrogens is 1. The number of fused-ring (bicyclic) bond motifs is 1. The first kappa shape index (κ1) is 29.1. The maximum Gasteiger partial charge on any atom is 0.410 e. The highest BCUT2D eigenvalue weighted by Gasteiger charge is 2.65. The van der Waals surface area contributed by atoms with Gasteiger partial charge in [0.25, 0.3) is 5.91 Å². The van der Waals surface area contributed by atoms with E-state index in [2.05, 4.69) is 16.4 Å². The summed E-state index contributed by atoms with van der Waals surface area (Å²) < 4.78 is 5.57. The van der Waals surface area contributed by atoms with Crippen LogP contribution < -0.4 is 5.32 Å². The van der Waals surface area contributed by atoms with Gasteiger partial charge in [0.1, 0.15) is 17.0 Å². The highest BCUT2D eigenvalue weighted by atomic mass is 16.6. The predicted molar refractivity (Wildman–Crippen MR) is 157 cm³/mol. The zero-order valence-corrected chi connectivity index (χ0v) is 24.8. The van der Waals surface area contributed by atoms with E-state index in [0.717, 1.165) is 11.1 Å². The first-order valence-corrected chi connectivity index (χ1v) is 14.3. The van der Waals surface area contributed by atoms with Gasteiger partial charge in [0.15, 0.2) is 5.78 Å². The summed E-state index contributed by atoms with van der Waals surface area (Å²) in [6, 6.07) is 12.2. The molecule has 5 rings (SSSR count). The predicted octanol–water partition coefficient (Wildman–Crippen LogP) is 4.61. The topological polar surface area (TPSA) is 116 Å². The van der Waals surface area contributed by atoms with Gasteiger partial charge in [-0.3, -0.25) is 19.5 Å². The van der Waals surface area contributed by atoms with Crippen molar-refractivity contribution in [3.63, 3.8) is 0 Å². The second kappa shape index (κ2) is 11.1. The Morgan fingerprint density at radius 3 is 2.33 bits per heavy atom. The number of ether oxygens (including phenoxy) is 1. The third-order valence-corrected chi connectivity index (χ3v) is 8.03. The molecule has 9 nitrogen and oxygen atoms in total. The maximum absolute atomic E-state index is 14.5. The number of amides is 2. The van der Waals surface area contributed by atoms with E-state index in [9.17, 15) is 14.4 Å². The molecule has 3 fully saturated rings. The summed E-state index contributed by atoms with van der Waals surface area (Å²) >= 11 is 0. The zero-order chi connectivity index (χ0) is 30.2. The fraction of sp³-hybridized carbons (Fsp3) is 0.424. The Labute approximate surface area is 246 Å². The van der Waals surface area contributed by atoms with E-state index < -0.39 is 11.1 Å². The van der Waals surface area contributed by atoms with Gasteiger partial charge < -0.3 is 15.0 Å². The van der Waals surface area contributed by atoms with E-state index in [1.54, 1.807) is 46.5 Å². The third-order valence-electron chi connectivity index (χ3n) is 8.03. The minimum atomic E-state index is -0.989. The number of ketones is 1. The number of allylic oxidation sites excluding steroid dienone is 2. The Balaban J connectivity index is 1.47. The molecule has 0 bridgehead atoms. The van der Waals surface area contributed by atoms with Crippen LogP contribution >= 0.6 is 0 Å². The van der Waals surface area contributed by atoms with Crippen LogP contribution in [0.1, 0.15) is 62.5 Å². The van der Waals surface area contributed by atoms with Crippen LogP contribution in [0.2, 0.25) is 0 Å². The minimum absolute atomic E-state index is 0.0843. The molecule has 1 saturated carbocycles. The number of piperidine rings is 1. The smallest absolute Gasteiger partial charge is 0.410 e. The molecule has 1 aromatic heterocycles. The number of hydrogen-bond acceptors (Lipinski definition) is 7. The van der Waals surface area contributed by atoms with Crippen LogP contribution in [0.5, 0.6) is 0 Å². The van der Waals surface area contributed by atoms with Crippen LogP contribution in [0, 0.1) is 23.2 Å². The van der Waals surface area contributed by atoms with Crippen LogP contribution in [0.3, 0.4) is 0 Å². The van der Waals surface area contributed by atoms with Gasteiger partial charge in [0.2, 0.25) is 0 Å². The summed E-state index contributed by atoms with van der Waals surface area (Å²) in [5, 5.41) is 12.6. The Morgan fingerprint density at radius 1 is 1.12 bits per heavy atom. The van der Waals surface area contributed by atoms with Crippen molar-refractivity contribution >= 4 is 17.8 Å². The Hall–Kier alpha value is -4.45. The first-order chi connectivity index (χ1) is 19.9. The van der Waals surface area contributed by atoms with Gasteiger partial charge in [0, 0.05) is 61.4 Å². The lowest BCUT2D eigenvalue weighted by atomic mass is 9.87. The van der Waals surface area contributed by atoms with Crippen molar-refractivity contribution < 1.29 is 19.1 Å². The van der Waals surface area contributed by atoms with Gasteiger partial charge >= 0.3 is 6.09 Å². The normalized spacial score (nSPS) is 25.5. The van der Waals surface area contributed by atoms with Crippen LogP contribution in [-0.4, -0.2) is 62.8 Å². The largest absolute Gasteiger partial charge is 0.444 e. The lowest BCUT2D eigenvalue weighted by molar-refractivity contribution is -0.132. The van der Waals surface area contributed by atoms with E-state index in [1.807, 2.05) is 52.8 Å². The van der Waals surface area contributed by atoms with E-state index in [0.29, 0.717) is 42.9 Å². The summed E-state index contributed by atoms with van der Waals surface area (Å²) in [7, 11) is 0. The molecule has 1 aromatic carbocycles. The second-order valence-corrected chi connectivity index (χ2v) is 12.7. The Morgan fingerprint density at radius 2 is 1.76 bits per heavy atom. The number of rotatable bonds is 7. The van der Waals surface area contributed by atoms with Crippen molar-refractivity contribution in [2.45, 2.75) is 64.6 Å². The molecule has 3 heterocycles. The fourth-order valence-corrected chi connectivity index (χ4v) is 5.93. The molecule has 1 aliphatic carbocycles. The van der Waals surface area contributed by atoms with E-state index in [-0.39, 0.29) is 35.7 Å². The summed E-state index contributed by atoms with van der Waals surface area (Å²) in [5.74, 6) is 0.310. The maximum atomic E-state index is 14.5.